The summed E-state index contributed by atoms with van der Waals surface area (Å²) in [5.74, 6) is 1.19. The third-order valence-corrected chi connectivity index (χ3v) is 4.30. The van der Waals surface area contributed by atoms with E-state index in [0.29, 0.717) is 17.3 Å². The van der Waals surface area contributed by atoms with Gasteiger partial charge in [0.05, 0.1) is 0 Å². The van der Waals surface area contributed by atoms with E-state index in [2.05, 4.69) is 59.6 Å². The smallest absolute Gasteiger partial charge is 0.159 e. The summed E-state index contributed by atoms with van der Waals surface area (Å²) in [6.07, 6.45) is 2.44. The van der Waals surface area contributed by atoms with Gasteiger partial charge in [0, 0.05) is 11.4 Å². The van der Waals surface area contributed by atoms with Crippen molar-refractivity contribution in [1.82, 2.24) is 9.97 Å². The van der Waals surface area contributed by atoms with Crippen LogP contribution in [0.3, 0.4) is 0 Å². The van der Waals surface area contributed by atoms with Gasteiger partial charge in [-0.1, -0.05) is 31.2 Å². The second-order valence-electron chi connectivity index (χ2n) is 6.04. The molecule has 128 valence electrons. The Morgan fingerprint density at radius 1 is 0.920 bits per heavy atom. The van der Waals surface area contributed by atoms with Gasteiger partial charge in [0.1, 0.15) is 12.0 Å². The summed E-state index contributed by atoms with van der Waals surface area (Å²) in [6, 6.07) is 14.3. The molecule has 25 heavy (non-hydrogen) atoms. The molecular weight excluding hydrogens is 310 g/mol. The number of nitrogens with zero attached hydrogens (tertiary/aromatic N) is 2. The second kappa shape index (κ2) is 7.21. The van der Waals surface area contributed by atoms with Crippen molar-refractivity contribution < 1.29 is 0 Å². The average Bonchev–Trinajstić information content (AvgIpc) is 2.62. The average molecular weight is 333 g/mol. The lowest BCUT2D eigenvalue weighted by atomic mass is 10.1. The lowest BCUT2D eigenvalue weighted by Crippen LogP contribution is -2.06. The number of aromatic nitrogens is 2. The highest BCUT2D eigenvalue weighted by Crippen LogP contribution is 2.29. The Hall–Kier alpha value is -3.08. The molecule has 0 bridgehead atoms. The van der Waals surface area contributed by atoms with Crippen molar-refractivity contribution in [2.45, 2.75) is 27.2 Å². The van der Waals surface area contributed by atoms with Crippen LogP contribution >= 0.6 is 0 Å². The number of para-hydroxylation sites is 1. The first-order chi connectivity index (χ1) is 12.1. The van der Waals surface area contributed by atoms with E-state index in [1.165, 1.54) is 23.0 Å². The van der Waals surface area contributed by atoms with E-state index < -0.39 is 0 Å². The fraction of sp³-hybridized carbons (Fsp3) is 0.200. The van der Waals surface area contributed by atoms with Crippen LogP contribution in [0.4, 0.5) is 28.7 Å². The standard InChI is InChI=1S/C20H23N5/c1-4-15-7-5-6-8-17(15)25-20-18(21)19(22-12-23-20)24-16-10-9-13(2)14(3)11-16/h5-12H,4,21H2,1-3H3,(H2,22,23,24,25). The predicted octanol–water partition coefficient (Wildman–Crippen LogP) is 4.73. The van der Waals surface area contributed by atoms with Gasteiger partial charge in [-0.05, 0) is 55.2 Å². The van der Waals surface area contributed by atoms with Crippen LogP contribution in [0, 0.1) is 13.8 Å². The van der Waals surface area contributed by atoms with E-state index in [1.807, 2.05) is 24.3 Å². The minimum atomic E-state index is 0.492. The SMILES string of the molecule is CCc1ccccc1Nc1ncnc(Nc2ccc(C)c(C)c2)c1N. The number of nitrogen functional groups attached to an aromatic ring is 1. The zero-order valence-corrected chi connectivity index (χ0v) is 14.8. The van der Waals surface area contributed by atoms with Gasteiger partial charge in [0.15, 0.2) is 11.6 Å². The summed E-state index contributed by atoms with van der Waals surface area (Å²) in [4.78, 5) is 8.58. The number of nitrogens with two attached hydrogens (primary N) is 1. The highest BCUT2D eigenvalue weighted by atomic mass is 15.1. The molecule has 3 aromatic rings. The summed E-state index contributed by atoms with van der Waals surface area (Å²) >= 11 is 0. The van der Waals surface area contributed by atoms with Crippen LogP contribution in [-0.4, -0.2) is 9.97 Å². The first-order valence-electron chi connectivity index (χ1n) is 8.38. The highest BCUT2D eigenvalue weighted by Gasteiger charge is 2.10. The molecule has 0 atom stereocenters. The van der Waals surface area contributed by atoms with Crippen molar-refractivity contribution in [3.05, 3.63) is 65.5 Å². The van der Waals surface area contributed by atoms with Crippen LogP contribution in [0.25, 0.3) is 0 Å². The number of hydrogen-bond donors (Lipinski definition) is 3. The summed E-state index contributed by atoms with van der Waals surface area (Å²) in [7, 11) is 0. The molecule has 3 rings (SSSR count). The van der Waals surface area contributed by atoms with E-state index in [4.69, 9.17) is 5.73 Å². The van der Waals surface area contributed by atoms with Crippen molar-refractivity contribution in [3.63, 3.8) is 0 Å². The van der Waals surface area contributed by atoms with Crippen molar-refractivity contribution in [2.75, 3.05) is 16.4 Å². The van der Waals surface area contributed by atoms with Gasteiger partial charge in [-0.2, -0.15) is 0 Å². The minimum Gasteiger partial charge on any atom is -0.393 e. The van der Waals surface area contributed by atoms with E-state index in [0.717, 1.165) is 17.8 Å². The fourth-order valence-electron chi connectivity index (χ4n) is 2.63. The number of hydrogen-bond acceptors (Lipinski definition) is 5. The predicted molar refractivity (Wildman–Crippen MR) is 105 cm³/mol. The van der Waals surface area contributed by atoms with Crippen LogP contribution < -0.4 is 16.4 Å². The van der Waals surface area contributed by atoms with Gasteiger partial charge >= 0.3 is 0 Å². The first kappa shape index (κ1) is 16.8. The molecule has 5 nitrogen and oxygen atoms in total. The van der Waals surface area contributed by atoms with Crippen LogP contribution in [0.2, 0.25) is 0 Å². The van der Waals surface area contributed by atoms with Gasteiger partial charge in [-0.25, -0.2) is 9.97 Å². The van der Waals surface area contributed by atoms with Gasteiger partial charge in [-0.3, -0.25) is 0 Å². The van der Waals surface area contributed by atoms with Gasteiger partial charge < -0.3 is 16.4 Å². The van der Waals surface area contributed by atoms with E-state index >= 15 is 0 Å². The van der Waals surface area contributed by atoms with E-state index in [9.17, 15) is 0 Å². The molecule has 1 heterocycles. The number of nitrogens with one attached hydrogen (secondary N) is 2. The summed E-state index contributed by atoms with van der Waals surface area (Å²) in [6.45, 7) is 6.29. The van der Waals surface area contributed by atoms with Gasteiger partial charge in [0.2, 0.25) is 0 Å². The molecule has 0 aliphatic heterocycles. The molecule has 0 aliphatic rings. The maximum atomic E-state index is 6.29. The Morgan fingerprint density at radius 3 is 2.36 bits per heavy atom. The third kappa shape index (κ3) is 3.71. The molecule has 0 saturated heterocycles. The number of aryl methyl sites for hydroxylation is 3. The Morgan fingerprint density at radius 2 is 1.64 bits per heavy atom. The molecule has 0 spiro atoms. The minimum absolute atomic E-state index is 0.492. The molecule has 0 amide bonds. The van der Waals surface area contributed by atoms with Gasteiger partial charge in [0.25, 0.3) is 0 Å². The summed E-state index contributed by atoms with van der Waals surface area (Å²) in [5.41, 5.74) is 12.4. The van der Waals surface area contributed by atoms with E-state index in [1.54, 1.807) is 0 Å². The molecule has 1 aromatic heterocycles. The Labute approximate surface area is 148 Å². The lowest BCUT2D eigenvalue weighted by Gasteiger charge is -2.15. The van der Waals surface area contributed by atoms with Crippen LogP contribution in [0.15, 0.2) is 48.8 Å². The molecule has 0 fully saturated rings. The van der Waals surface area contributed by atoms with Crippen molar-refractivity contribution in [3.8, 4) is 0 Å². The monoisotopic (exact) mass is 333 g/mol. The maximum absolute atomic E-state index is 6.29. The molecule has 0 radical (unpaired) electrons. The molecule has 0 aliphatic carbocycles. The lowest BCUT2D eigenvalue weighted by molar-refractivity contribution is 1.13. The number of rotatable bonds is 5. The number of anilines is 5. The van der Waals surface area contributed by atoms with E-state index in [-0.39, 0.29) is 0 Å². The van der Waals surface area contributed by atoms with Crippen LogP contribution in [0.5, 0.6) is 0 Å². The quantitative estimate of drug-likeness (QED) is 0.629. The van der Waals surface area contributed by atoms with Crippen molar-refractivity contribution in [2.24, 2.45) is 0 Å². The first-order valence-corrected chi connectivity index (χ1v) is 8.38. The fourth-order valence-corrected chi connectivity index (χ4v) is 2.63. The Bertz CT molecular complexity index is 889. The topological polar surface area (TPSA) is 75.9 Å². The van der Waals surface area contributed by atoms with Crippen LogP contribution in [-0.2, 0) is 6.42 Å². The second-order valence-corrected chi connectivity index (χ2v) is 6.04. The molecular formula is C20H23N5. The summed E-state index contributed by atoms with van der Waals surface area (Å²) < 4.78 is 0. The summed E-state index contributed by atoms with van der Waals surface area (Å²) in [5, 5.41) is 6.60. The Balaban J connectivity index is 1.88. The largest absolute Gasteiger partial charge is 0.393 e. The van der Waals surface area contributed by atoms with Crippen LogP contribution in [0.1, 0.15) is 23.6 Å². The van der Waals surface area contributed by atoms with Gasteiger partial charge in [-0.15, -0.1) is 0 Å². The molecule has 2 aromatic carbocycles. The van der Waals surface area contributed by atoms with Crippen molar-refractivity contribution >= 4 is 28.7 Å². The molecule has 5 heteroatoms. The van der Waals surface area contributed by atoms with Crippen molar-refractivity contribution in [1.29, 1.82) is 0 Å². The zero-order valence-electron chi connectivity index (χ0n) is 14.8. The zero-order chi connectivity index (χ0) is 17.8. The highest BCUT2D eigenvalue weighted by molar-refractivity contribution is 5.80. The molecule has 0 saturated carbocycles. The third-order valence-electron chi connectivity index (χ3n) is 4.30. The molecule has 4 N–H and O–H groups in total. The Kier molecular flexibility index (Phi) is 4.84. The number of benzene rings is 2. The normalized spacial score (nSPS) is 10.5. The maximum Gasteiger partial charge on any atom is 0.159 e. The molecule has 0 unspecified atom stereocenters.